The van der Waals surface area contributed by atoms with E-state index in [1.165, 1.54) is 37.0 Å². The minimum atomic E-state index is 0.101. The van der Waals surface area contributed by atoms with Gasteiger partial charge in [0.1, 0.15) is 0 Å². The molecule has 4 heterocycles. The summed E-state index contributed by atoms with van der Waals surface area (Å²) in [4.78, 5) is 17.1. The van der Waals surface area contributed by atoms with Crippen LogP contribution >= 0.6 is 0 Å². The van der Waals surface area contributed by atoms with E-state index in [9.17, 15) is 4.79 Å². The van der Waals surface area contributed by atoms with Crippen molar-refractivity contribution in [2.45, 2.75) is 32.1 Å². The number of fused-ring (bicyclic) bond motifs is 1. The molecule has 9 heteroatoms. The molecule has 0 aliphatic carbocycles. The van der Waals surface area contributed by atoms with Gasteiger partial charge < -0.3 is 15.1 Å². The normalized spacial score (nSPS) is 19.8. The maximum Gasteiger partial charge on any atom is 0.223 e. The van der Waals surface area contributed by atoms with Crippen LogP contribution in [0.1, 0.15) is 32.1 Å². The highest BCUT2D eigenvalue weighted by atomic mass is 16.1. The van der Waals surface area contributed by atoms with E-state index < -0.39 is 0 Å². The summed E-state index contributed by atoms with van der Waals surface area (Å²) in [5, 5.41) is 18.9. The van der Waals surface area contributed by atoms with Gasteiger partial charge in [-0.3, -0.25) is 4.79 Å². The Bertz CT molecular complexity index is 733. The fraction of sp³-hybridized carbons (Fsp3) is 0.706. The smallest absolute Gasteiger partial charge is 0.223 e. The average molecular weight is 358 g/mol. The summed E-state index contributed by atoms with van der Waals surface area (Å²) in [5.41, 5.74) is 0.636. The molecule has 26 heavy (non-hydrogen) atoms. The van der Waals surface area contributed by atoms with Crippen LogP contribution in [-0.4, -0.2) is 75.3 Å². The monoisotopic (exact) mass is 358 g/mol. The second-order valence-corrected chi connectivity index (χ2v) is 7.17. The fourth-order valence-electron chi connectivity index (χ4n) is 3.84. The summed E-state index contributed by atoms with van der Waals surface area (Å²) >= 11 is 0. The number of amides is 1. The van der Waals surface area contributed by atoms with Gasteiger partial charge in [-0.25, -0.2) is 0 Å². The molecular formula is C17H26N8O. The highest BCUT2D eigenvalue weighted by molar-refractivity contribution is 5.78. The van der Waals surface area contributed by atoms with Crippen molar-refractivity contribution in [3.8, 4) is 0 Å². The Morgan fingerprint density at radius 3 is 2.73 bits per heavy atom. The number of nitrogens with zero attached hydrogens (tertiary/aromatic N) is 7. The molecule has 0 unspecified atom stereocenters. The van der Waals surface area contributed by atoms with Gasteiger partial charge in [-0.1, -0.05) is 6.42 Å². The second-order valence-electron chi connectivity index (χ2n) is 7.17. The average Bonchev–Trinajstić information content (AvgIpc) is 3.17. The number of nitrogens with one attached hydrogen (secondary N) is 1. The maximum absolute atomic E-state index is 12.4. The van der Waals surface area contributed by atoms with E-state index in [0.29, 0.717) is 5.65 Å². The van der Waals surface area contributed by atoms with Crippen LogP contribution < -0.4 is 10.2 Å². The number of aromatic nitrogens is 5. The van der Waals surface area contributed by atoms with Crippen molar-refractivity contribution in [3.05, 3.63) is 12.1 Å². The van der Waals surface area contributed by atoms with E-state index >= 15 is 0 Å². The predicted octanol–water partition coefficient (Wildman–Crippen LogP) is 0.338. The molecule has 140 valence electrons. The van der Waals surface area contributed by atoms with Crippen molar-refractivity contribution < 1.29 is 4.79 Å². The first kappa shape index (κ1) is 17.1. The Morgan fingerprint density at radius 1 is 1.12 bits per heavy atom. The molecule has 2 aromatic rings. The molecular weight excluding hydrogens is 332 g/mol. The molecule has 0 saturated carbocycles. The number of hydrogen-bond acceptors (Lipinski definition) is 7. The molecule has 1 N–H and O–H groups in total. The zero-order valence-corrected chi connectivity index (χ0v) is 15.0. The SMILES string of the molecule is O=C(NCCN1CCCCC1)C1CCN(c2ccc3nnnn3n2)CC1. The summed E-state index contributed by atoms with van der Waals surface area (Å²) in [6.45, 7) is 5.73. The molecule has 0 bridgehead atoms. The Morgan fingerprint density at radius 2 is 1.92 bits per heavy atom. The van der Waals surface area contributed by atoms with Gasteiger partial charge in [-0.05, 0) is 61.3 Å². The van der Waals surface area contributed by atoms with Gasteiger partial charge in [-0.2, -0.15) is 0 Å². The summed E-state index contributed by atoms with van der Waals surface area (Å²) in [6.07, 6.45) is 5.63. The molecule has 0 aromatic carbocycles. The van der Waals surface area contributed by atoms with Crippen LogP contribution in [0.15, 0.2) is 12.1 Å². The molecule has 2 saturated heterocycles. The number of hydrogen-bond donors (Lipinski definition) is 1. The first-order chi connectivity index (χ1) is 12.8. The number of tetrazole rings is 1. The zero-order chi connectivity index (χ0) is 17.8. The number of rotatable bonds is 5. The van der Waals surface area contributed by atoms with Crippen molar-refractivity contribution >= 4 is 17.4 Å². The van der Waals surface area contributed by atoms with E-state index in [2.05, 4.69) is 35.7 Å². The standard InChI is InChI=1S/C17H26N8O/c26-17(18-8-13-23-9-2-1-3-10-23)14-6-11-24(12-7-14)16-5-4-15-19-21-22-25(15)20-16/h4-5,14H,1-3,6-13H2,(H,18,26). The third kappa shape index (κ3) is 3.92. The van der Waals surface area contributed by atoms with Crippen molar-refractivity contribution in [3.63, 3.8) is 0 Å². The molecule has 0 atom stereocenters. The first-order valence-corrected chi connectivity index (χ1v) is 9.60. The molecule has 1 amide bonds. The Balaban J connectivity index is 1.23. The van der Waals surface area contributed by atoms with Crippen LogP contribution in [0.25, 0.3) is 5.65 Å². The Labute approximate surface area is 152 Å². The van der Waals surface area contributed by atoms with Crippen LogP contribution in [0.5, 0.6) is 0 Å². The Kier molecular flexibility index (Phi) is 5.24. The van der Waals surface area contributed by atoms with E-state index in [4.69, 9.17) is 0 Å². The molecule has 2 fully saturated rings. The van der Waals surface area contributed by atoms with Gasteiger partial charge in [-0.15, -0.1) is 14.8 Å². The lowest BCUT2D eigenvalue weighted by Crippen LogP contribution is -2.43. The number of carbonyl (C=O) groups excluding carboxylic acids is 1. The van der Waals surface area contributed by atoms with Crippen molar-refractivity contribution in [1.82, 2.24) is 35.5 Å². The molecule has 0 spiro atoms. The van der Waals surface area contributed by atoms with Crippen molar-refractivity contribution in [2.24, 2.45) is 5.92 Å². The first-order valence-electron chi connectivity index (χ1n) is 9.60. The van der Waals surface area contributed by atoms with Crippen LogP contribution in [0, 0.1) is 5.92 Å². The van der Waals surface area contributed by atoms with Gasteiger partial charge in [0, 0.05) is 32.1 Å². The van der Waals surface area contributed by atoms with Crippen LogP contribution in [0.4, 0.5) is 5.82 Å². The number of piperidine rings is 2. The molecule has 9 nitrogen and oxygen atoms in total. The minimum Gasteiger partial charge on any atom is -0.355 e. The van der Waals surface area contributed by atoms with E-state index in [1.54, 1.807) is 0 Å². The number of likely N-dealkylation sites (tertiary alicyclic amines) is 1. The Hall–Kier alpha value is -2.29. The number of carbonyl (C=O) groups is 1. The molecule has 2 aliphatic heterocycles. The largest absolute Gasteiger partial charge is 0.355 e. The molecule has 2 aromatic heterocycles. The lowest BCUT2D eigenvalue weighted by molar-refractivity contribution is -0.125. The summed E-state index contributed by atoms with van der Waals surface area (Å²) in [5.74, 6) is 1.16. The van der Waals surface area contributed by atoms with Crippen molar-refractivity contribution in [2.75, 3.05) is 44.2 Å². The van der Waals surface area contributed by atoms with Crippen molar-refractivity contribution in [1.29, 1.82) is 0 Å². The lowest BCUT2D eigenvalue weighted by atomic mass is 9.96. The van der Waals surface area contributed by atoms with Crippen LogP contribution in [0.2, 0.25) is 0 Å². The van der Waals surface area contributed by atoms with Gasteiger partial charge in [0.25, 0.3) is 0 Å². The number of anilines is 1. The van der Waals surface area contributed by atoms with Gasteiger partial charge >= 0.3 is 0 Å². The predicted molar refractivity (Wildman–Crippen MR) is 96.8 cm³/mol. The van der Waals surface area contributed by atoms with Crippen LogP contribution in [-0.2, 0) is 4.79 Å². The quantitative estimate of drug-likeness (QED) is 0.824. The zero-order valence-electron chi connectivity index (χ0n) is 15.0. The van der Waals surface area contributed by atoms with Gasteiger partial charge in [0.2, 0.25) is 5.91 Å². The van der Waals surface area contributed by atoms with Gasteiger partial charge in [0.05, 0.1) is 0 Å². The fourth-order valence-corrected chi connectivity index (χ4v) is 3.84. The highest BCUT2D eigenvalue weighted by Crippen LogP contribution is 2.21. The summed E-state index contributed by atoms with van der Waals surface area (Å²) in [6, 6.07) is 3.80. The third-order valence-corrected chi connectivity index (χ3v) is 5.42. The van der Waals surface area contributed by atoms with Crippen LogP contribution in [0.3, 0.4) is 0 Å². The molecule has 4 rings (SSSR count). The maximum atomic E-state index is 12.4. The molecule has 0 radical (unpaired) electrons. The third-order valence-electron chi connectivity index (χ3n) is 5.42. The molecule has 2 aliphatic rings. The summed E-state index contributed by atoms with van der Waals surface area (Å²) < 4.78 is 1.44. The van der Waals surface area contributed by atoms with Gasteiger partial charge in [0.15, 0.2) is 11.5 Å². The van der Waals surface area contributed by atoms with E-state index in [-0.39, 0.29) is 11.8 Å². The van der Waals surface area contributed by atoms with E-state index in [1.807, 2.05) is 12.1 Å². The second kappa shape index (κ2) is 7.94. The summed E-state index contributed by atoms with van der Waals surface area (Å²) in [7, 11) is 0. The minimum absolute atomic E-state index is 0.101. The lowest BCUT2D eigenvalue weighted by Gasteiger charge is -2.32. The highest BCUT2D eigenvalue weighted by Gasteiger charge is 2.25. The van der Waals surface area contributed by atoms with E-state index in [0.717, 1.165) is 44.8 Å². The topological polar surface area (TPSA) is 91.5 Å².